The molecule has 2 heterocycles. The summed E-state index contributed by atoms with van der Waals surface area (Å²) >= 11 is 0. The molecule has 5 nitrogen and oxygen atoms in total. The van der Waals surface area contributed by atoms with E-state index in [-0.39, 0.29) is 11.8 Å². The number of rotatable bonds is 6. The molecule has 1 fully saturated rings. The smallest absolute Gasteiger partial charge is 0.231 e. The summed E-state index contributed by atoms with van der Waals surface area (Å²) in [7, 11) is 0. The Morgan fingerprint density at radius 1 is 0.806 bits per heavy atom. The highest BCUT2D eigenvalue weighted by atomic mass is 16.7. The van der Waals surface area contributed by atoms with Crippen LogP contribution in [0.15, 0.2) is 78.9 Å². The number of hydrogen-bond acceptors (Lipinski definition) is 5. The molecule has 0 aliphatic carbocycles. The lowest BCUT2D eigenvalue weighted by molar-refractivity contribution is 0.0650. The summed E-state index contributed by atoms with van der Waals surface area (Å²) < 4.78 is 10.9. The first kappa shape index (κ1) is 19.8. The van der Waals surface area contributed by atoms with Crippen molar-refractivity contribution in [2.24, 2.45) is 0 Å². The summed E-state index contributed by atoms with van der Waals surface area (Å²) in [6, 6.07) is 25.7. The second kappa shape index (κ2) is 8.92. The van der Waals surface area contributed by atoms with Gasteiger partial charge in [0.2, 0.25) is 6.79 Å². The highest BCUT2D eigenvalue weighted by molar-refractivity contribution is 6.00. The fourth-order valence-corrected chi connectivity index (χ4v) is 4.40. The zero-order valence-electron chi connectivity index (χ0n) is 17.4. The first-order chi connectivity index (χ1) is 15.3. The van der Waals surface area contributed by atoms with Crippen molar-refractivity contribution < 1.29 is 14.3 Å². The minimum Gasteiger partial charge on any atom is -0.454 e. The average molecular weight is 415 g/mol. The summed E-state index contributed by atoms with van der Waals surface area (Å²) in [6.45, 7) is 4.70. The molecule has 2 aliphatic rings. The lowest BCUT2D eigenvalue weighted by atomic mass is 9.95. The van der Waals surface area contributed by atoms with Gasteiger partial charge in [-0.05, 0) is 23.3 Å². The molecule has 0 amide bonds. The van der Waals surface area contributed by atoms with E-state index < -0.39 is 0 Å². The number of nitrogens with zero attached hydrogens (tertiary/aromatic N) is 2. The van der Waals surface area contributed by atoms with Crippen molar-refractivity contribution in [2.45, 2.75) is 12.6 Å². The highest BCUT2D eigenvalue weighted by Crippen LogP contribution is 2.33. The van der Waals surface area contributed by atoms with Crippen molar-refractivity contribution in [3.63, 3.8) is 0 Å². The summed E-state index contributed by atoms with van der Waals surface area (Å²) in [6.07, 6.45) is 0. The first-order valence-electron chi connectivity index (χ1n) is 10.8. The van der Waals surface area contributed by atoms with E-state index >= 15 is 0 Å². The topological polar surface area (TPSA) is 42.0 Å². The SMILES string of the molecule is O=C(c1ccccc1)C(c1ccccc1)N1CCN(Cc2ccc3c(c2)OCO3)CC1. The van der Waals surface area contributed by atoms with E-state index in [1.807, 2.05) is 54.6 Å². The number of hydrogen-bond donors (Lipinski definition) is 0. The van der Waals surface area contributed by atoms with Crippen molar-refractivity contribution >= 4 is 5.78 Å². The van der Waals surface area contributed by atoms with Crippen LogP contribution in [-0.2, 0) is 6.54 Å². The van der Waals surface area contributed by atoms with Crippen LogP contribution < -0.4 is 9.47 Å². The van der Waals surface area contributed by atoms with Gasteiger partial charge in [0.05, 0.1) is 6.04 Å². The largest absolute Gasteiger partial charge is 0.454 e. The zero-order valence-corrected chi connectivity index (χ0v) is 17.4. The molecule has 0 N–H and O–H groups in total. The number of benzene rings is 3. The van der Waals surface area contributed by atoms with Gasteiger partial charge >= 0.3 is 0 Å². The van der Waals surface area contributed by atoms with Crippen LogP contribution in [0, 0.1) is 0 Å². The molecular weight excluding hydrogens is 388 g/mol. The van der Waals surface area contributed by atoms with E-state index in [0.29, 0.717) is 6.79 Å². The Labute approximate surface area is 182 Å². The molecule has 0 radical (unpaired) electrons. The van der Waals surface area contributed by atoms with Crippen molar-refractivity contribution in [3.8, 4) is 11.5 Å². The number of piperazine rings is 1. The third-order valence-electron chi connectivity index (χ3n) is 6.04. The molecule has 31 heavy (non-hydrogen) atoms. The normalized spacial score (nSPS) is 17.4. The molecule has 158 valence electrons. The van der Waals surface area contributed by atoms with Crippen LogP contribution >= 0.6 is 0 Å². The van der Waals surface area contributed by atoms with Gasteiger partial charge in [-0.1, -0.05) is 66.7 Å². The van der Waals surface area contributed by atoms with E-state index in [9.17, 15) is 4.79 Å². The third-order valence-corrected chi connectivity index (χ3v) is 6.04. The summed E-state index contributed by atoms with van der Waals surface area (Å²) in [5.41, 5.74) is 3.04. The van der Waals surface area contributed by atoms with Crippen molar-refractivity contribution in [1.82, 2.24) is 9.80 Å². The van der Waals surface area contributed by atoms with E-state index in [2.05, 4.69) is 34.1 Å². The Bertz CT molecular complexity index is 1030. The van der Waals surface area contributed by atoms with Crippen LogP contribution in [0.1, 0.15) is 27.5 Å². The molecule has 1 unspecified atom stereocenters. The number of ketones is 1. The number of Topliss-reactive ketones (excluding diaryl/α,β-unsaturated/α-hetero) is 1. The van der Waals surface area contributed by atoms with Crippen molar-refractivity contribution in [1.29, 1.82) is 0 Å². The Morgan fingerprint density at radius 2 is 1.48 bits per heavy atom. The minimum absolute atomic E-state index is 0.163. The fraction of sp³-hybridized carbons (Fsp3) is 0.269. The fourth-order valence-electron chi connectivity index (χ4n) is 4.40. The number of carbonyl (C=O) groups excluding carboxylic acids is 1. The van der Waals surface area contributed by atoms with Crippen LogP contribution in [0.2, 0.25) is 0 Å². The second-order valence-electron chi connectivity index (χ2n) is 8.04. The maximum absolute atomic E-state index is 13.4. The van der Waals surface area contributed by atoms with E-state index in [1.165, 1.54) is 5.56 Å². The third kappa shape index (κ3) is 4.33. The van der Waals surface area contributed by atoms with Gasteiger partial charge in [0, 0.05) is 38.3 Å². The molecule has 0 aromatic heterocycles. The van der Waals surface area contributed by atoms with Crippen LogP contribution in [0.25, 0.3) is 0 Å². The quantitative estimate of drug-likeness (QED) is 0.567. The number of carbonyl (C=O) groups is 1. The molecule has 0 bridgehead atoms. The van der Waals surface area contributed by atoms with Gasteiger partial charge < -0.3 is 9.47 Å². The standard InChI is InChI=1S/C26H26N2O3/c29-26(22-9-5-2-6-10-22)25(21-7-3-1-4-8-21)28-15-13-27(14-16-28)18-20-11-12-23-24(17-20)31-19-30-23/h1-12,17,25H,13-16,18-19H2. The molecule has 1 atom stereocenters. The van der Waals surface area contributed by atoms with Gasteiger partial charge in [0.15, 0.2) is 17.3 Å². The Hall–Kier alpha value is -3.15. The Balaban J connectivity index is 1.29. The lowest BCUT2D eigenvalue weighted by Gasteiger charge is -2.39. The summed E-state index contributed by atoms with van der Waals surface area (Å²) in [5.74, 6) is 1.81. The summed E-state index contributed by atoms with van der Waals surface area (Å²) in [4.78, 5) is 18.2. The maximum Gasteiger partial charge on any atom is 0.231 e. The molecule has 5 rings (SSSR count). The molecule has 0 spiro atoms. The van der Waals surface area contributed by atoms with Crippen LogP contribution in [-0.4, -0.2) is 48.6 Å². The van der Waals surface area contributed by atoms with Gasteiger partial charge in [-0.25, -0.2) is 0 Å². The Kier molecular flexibility index (Phi) is 5.69. The molecule has 2 aliphatic heterocycles. The van der Waals surface area contributed by atoms with Gasteiger partial charge in [0.1, 0.15) is 0 Å². The Morgan fingerprint density at radius 3 is 2.23 bits per heavy atom. The van der Waals surface area contributed by atoms with E-state index in [4.69, 9.17) is 9.47 Å². The van der Waals surface area contributed by atoms with Gasteiger partial charge in [0.25, 0.3) is 0 Å². The molecule has 5 heteroatoms. The maximum atomic E-state index is 13.4. The van der Waals surface area contributed by atoms with Crippen LogP contribution in [0.3, 0.4) is 0 Å². The molecule has 0 saturated carbocycles. The van der Waals surface area contributed by atoms with E-state index in [1.54, 1.807) is 0 Å². The molecular formula is C26H26N2O3. The van der Waals surface area contributed by atoms with Crippen molar-refractivity contribution in [3.05, 3.63) is 95.6 Å². The van der Waals surface area contributed by atoms with Gasteiger partial charge in [-0.2, -0.15) is 0 Å². The van der Waals surface area contributed by atoms with Gasteiger partial charge in [-0.15, -0.1) is 0 Å². The van der Waals surface area contributed by atoms with Crippen LogP contribution in [0.5, 0.6) is 11.5 Å². The zero-order chi connectivity index (χ0) is 21.0. The highest BCUT2D eigenvalue weighted by Gasteiger charge is 2.31. The van der Waals surface area contributed by atoms with E-state index in [0.717, 1.165) is 55.3 Å². The van der Waals surface area contributed by atoms with Crippen molar-refractivity contribution in [2.75, 3.05) is 33.0 Å². The number of fused-ring (bicyclic) bond motifs is 1. The predicted molar refractivity (Wildman–Crippen MR) is 119 cm³/mol. The molecule has 3 aromatic rings. The number of ether oxygens (including phenoxy) is 2. The summed E-state index contributed by atoms with van der Waals surface area (Å²) in [5, 5.41) is 0. The minimum atomic E-state index is -0.253. The first-order valence-corrected chi connectivity index (χ1v) is 10.8. The predicted octanol–water partition coefficient (Wildman–Crippen LogP) is 4.16. The van der Waals surface area contributed by atoms with Crippen LogP contribution in [0.4, 0.5) is 0 Å². The average Bonchev–Trinajstić information content (AvgIpc) is 3.30. The van der Waals surface area contributed by atoms with Gasteiger partial charge in [-0.3, -0.25) is 14.6 Å². The molecule has 3 aromatic carbocycles. The monoisotopic (exact) mass is 414 g/mol. The lowest BCUT2D eigenvalue weighted by Crippen LogP contribution is -2.48. The molecule has 1 saturated heterocycles. The second-order valence-corrected chi connectivity index (χ2v) is 8.04.